The van der Waals surface area contributed by atoms with Gasteiger partial charge in [-0.25, -0.2) is 4.79 Å². The second-order valence-electron chi connectivity index (χ2n) is 3.92. The Kier molecular flexibility index (Phi) is 3.33. The second kappa shape index (κ2) is 4.93. The third-order valence-electron chi connectivity index (χ3n) is 2.65. The smallest absolute Gasteiger partial charge is 0.337 e. The fourth-order valence-corrected chi connectivity index (χ4v) is 1.78. The Morgan fingerprint density at radius 3 is 2.58 bits per heavy atom. The van der Waals surface area contributed by atoms with E-state index in [1.54, 1.807) is 18.2 Å². The second-order valence-corrected chi connectivity index (χ2v) is 3.92. The topological polar surface area (TPSA) is 96.7 Å². The number of ether oxygens (including phenoxy) is 1. The van der Waals surface area contributed by atoms with Gasteiger partial charge in [-0.1, -0.05) is 0 Å². The van der Waals surface area contributed by atoms with Gasteiger partial charge in [-0.05, 0) is 18.2 Å². The molecule has 0 radical (unpaired) electrons. The maximum absolute atomic E-state index is 11.1. The molecule has 0 bridgehead atoms. The molecule has 1 aromatic carbocycles. The zero-order chi connectivity index (χ0) is 14.0. The van der Waals surface area contributed by atoms with Crippen molar-refractivity contribution in [2.45, 2.75) is 6.42 Å². The molecule has 0 spiro atoms. The van der Waals surface area contributed by atoms with Gasteiger partial charge in [0.2, 0.25) is 0 Å². The number of benzene rings is 1. The highest BCUT2D eigenvalue weighted by Crippen LogP contribution is 2.22. The zero-order valence-corrected chi connectivity index (χ0v) is 10.1. The third kappa shape index (κ3) is 2.62. The lowest BCUT2D eigenvalue weighted by Crippen LogP contribution is -2.10. The summed E-state index contributed by atoms with van der Waals surface area (Å²) < 4.78 is 5.05. The van der Waals surface area contributed by atoms with Crippen LogP contribution in [0.4, 0.5) is 0 Å². The van der Waals surface area contributed by atoms with Crippen molar-refractivity contribution in [1.82, 2.24) is 4.98 Å². The molecule has 0 fully saturated rings. The number of aromatic carboxylic acids is 1. The Labute approximate surface area is 108 Å². The van der Waals surface area contributed by atoms with Gasteiger partial charge < -0.3 is 14.9 Å². The number of aliphatic carboxylic acids is 1. The zero-order valence-electron chi connectivity index (χ0n) is 10.1. The fraction of sp³-hybridized carbons (Fsp3) is 0.154. The van der Waals surface area contributed by atoms with Crippen molar-refractivity contribution in [3.63, 3.8) is 0 Å². The number of methoxy groups -OCH3 is 1. The number of carbonyl (C=O) groups is 2. The average Bonchev–Trinajstić information content (AvgIpc) is 2.36. The first-order valence-corrected chi connectivity index (χ1v) is 5.44. The van der Waals surface area contributed by atoms with Gasteiger partial charge in [0, 0.05) is 11.5 Å². The van der Waals surface area contributed by atoms with Crippen LogP contribution in [-0.2, 0) is 11.2 Å². The van der Waals surface area contributed by atoms with E-state index in [4.69, 9.17) is 14.9 Å². The number of rotatable bonds is 4. The lowest BCUT2D eigenvalue weighted by atomic mass is 10.1. The number of nitrogens with zero attached hydrogens (tertiary/aromatic N) is 1. The number of hydrogen-bond donors (Lipinski definition) is 2. The molecule has 6 nitrogen and oxygen atoms in total. The van der Waals surface area contributed by atoms with E-state index in [-0.39, 0.29) is 11.3 Å². The lowest BCUT2D eigenvalue weighted by Gasteiger charge is -2.07. The van der Waals surface area contributed by atoms with Crippen LogP contribution in [0, 0.1) is 0 Å². The Balaban J connectivity index is 2.65. The maximum atomic E-state index is 11.1. The molecule has 2 N–H and O–H groups in total. The molecule has 0 aliphatic carbocycles. The van der Waals surface area contributed by atoms with E-state index in [0.29, 0.717) is 16.7 Å². The van der Waals surface area contributed by atoms with Crippen molar-refractivity contribution >= 4 is 22.8 Å². The molecule has 0 saturated carbocycles. The average molecular weight is 261 g/mol. The summed E-state index contributed by atoms with van der Waals surface area (Å²) in [5, 5.41) is 18.5. The Bertz CT molecular complexity index is 665. The molecule has 0 aliphatic rings. The Hall–Kier alpha value is -2.63. The molecule has 19 heavy (non-hydrogen) atoms. The number of pyridine rings is 1. The SMILES string of the molecule is COc1ccc2cc(C(=O)O)c(CC(=O)O)nc2c1. The molecule has 0 saturated heterocycles. The van der Waals surface area contributed by atoms with Crippen LogP contribution in [0.25, 0.3) is 10.9 Å². The monoisotopic (exact) mass is 261 g/mol. The van der Waals surface area contributed by atoms with Crippen LogP contribution in [0.15, 0.2) is 24.3 Å². The molecule has 98 valence electrons. The highest BCUT2D eigenvalue weighted by atomic mass is 16.5. The molecule has 1 aromatic heterocycles. The fourth-order valence-electron chi connectivity index (χ4n) is 1.78. The molecule has 1 heterocycles. The lowest BCUT2D eigenvalue weighted by molar-refractivity contribution is -0.136. The summed E-state index contributed by atoms with van der Waals surface area (Å²) in [4.78, 5) is 26.0. The van der Waals surface area contributed by atoms with Gasteiger partial charge >= 0.3 is 11.9 Å². The van der Waals surface area contributed by atoms with E-state index in [9.17, 15) is 9.59 Å². The summed E-state index contributed by atoms with van der Waals surface area (Å²) in [5.74, 6) is -1.75. The van der Waals surface area contributed by atoms with Crippen molar-refractivity contribution in [2.75, 3.05) is 7.11 Å². The van der Waals surface area contributed by atoms with E-state index < -0.39 is 18.4 Å². The first-order valence-electron chi connectivity index (χ1n) is 5.44. The first kappa shape index (κ1) is 12.8. The normalized spacial score (nSPS) is 10.4. The van der Waals surface area contributed by atoms with E-state index in [2.05, 4.69) is 4.98 Å². The summed E-state index contributed by atoms with van der Waals surface area (Å²) in [6.07, 6.45) is -0.436. The molecule has 0 amide bonds. The van der Waals surface area contributed by atoms with Crippen LogP contribution in [0.1, 0.15) is 16.1 Å². The minimum absolute atomic E-state index is 0.0285. The highest BCUT2D eigenvalue weighted by molar-refractivity contribution is 5.95. The number of aromatic nitrogens is 1. The minimum Gasteiger partial charge on any atom is -0.497 e. The van der Waals surface area contributed by atoms with Crippen molar-refractivity contribution in [1.29, 1.82) is 0 Å². The first-order chi connectivity index (χ1) is 9.01. The minimum atomic E-state index is -1.19. The Morgan fingerprint density at radius 2 is 2.00 bits per heavy atom. The quantitative estimate of drug-likeness (QED) is 0.867. The van der Waals surface area contributed by atoms with Crippen molar-refractivity contribution in [2.24, 2.45) is 0 Å². The van der Waals surface area contributed by atoms with Crippen LogP contribution in [0.3, 0.4) is 0 Å². The third-order valence-corrected chi connectivity index (χ3v) is 2.65. The van der Waals surface area contributed by atoms with Gasteiger partial charge in [0.25, 0.3) is 0 Å². The van der Waals surface area contributed by atoms with Gasteiger partial charge in [-0.3, -0.25) is 9.78 Å². The highest BCUT2D eigenvalue weighted by Gasteiger charge is 2.16. The maximum Gasteiger partial charge on any atom is 0.337 e. The van der Waals surface area contributed by atoms with Crippen molar-refractivity contribution in [3.8, 4) is 5.75 Å². The number of carboxylic acids is 2. The summed E-state index contributed by atoms with van der Waals surface area (Å²) in [5.41, 5.74) is 0.432. The van der Waals surface area contributed by atoms with Gasteiger partial charge in [0.1, 0.15) is 5.75 Å². The molecule has 0 atom stereocenters. The summed E-state index contributed by atoms with van der Waals surface area (Å²) in [6, 6.07) is 6.42. The van der Waals surface area contributed by atoms with E-state index in [1.165, 1.54) is 13.2 Å². The van der Waals surface area contributed by atoms with Crippen LogP contribution in [0.2, 0.25) is 0 Å². The molecule has 2 rings (SSSR count). The van der Waals surface area contributed by atoms with Crippen LogP contribution < -0.4 is 4.74 Å². The Morgan fingerprint density at radius 1 is 1.26 bits per heavy atom. The van der Waals surface area contributed by atoms with Crippen LogP contribution >= 0.6 is 0 Å². The molecule has 2 aromatic rings. The molecule has 0 aliphatic heterocycles. The van der Waals surface area contributed by atoms with Crippen LogP contribution in [0.5, 0.6) is 5.75 Å². The predicted octanol–water partition coefficient (Wildman–Crippen LogP) is 1.57. The van der Waals surface area contributed by atoms with E-state index in [0.717, 1.165) is 0 Å². The van der Waals surface area contributed by atoms with Crippen molar-refractivity contribution < 1.29 is 24.5 Å². The standard InChI is InChI=1S/C13H11NO5/c1-19-8-3-2-7-4-9(13(17)18)11(6-12(15)16)14-10(7)5-8/h2-5H,6H2,1H3,(H,15,16)(H,17,18). The van der Waals surface area contributed by atoms with E-state index >= 15 is 0 Å². The molecular weight excluding hydrogens is 250 g/mol. The number of hydrogen-bond acceptors (Lipinski definition) is 4. The summed E-state index contributed by atoms with van der Waals surface area (Å²) in [6.45, 7) is 0. The van der Waals surface area contributed by atoms with Crippen LogP contribution in [-0.4, -0.2) is 34.2 Å². The largest absolute Gasteiger partial charge is 0.497 e. The van der Waals surface area contributed by atoms with Gasteiger partial charge in [-0.2, -0.15) is 0 Å². The molecule has 6 heteroatoms. The van der Waals surface area contributed by atoms with Crippen molar-refractivity contribution in [3.05, 3.63) is 35.5 Å². The number of carboxylic acid groups (broad SMARTS) is 2. The van der Waals surface area contributed by atoms with Gasteiger partial charge in [0.15, 0.2) is 0 Å². The van der Waals surface area contributed by atoms with Gasteiger partial charge in [-0.15, -0.1) is 0 Å². The summed E-state index contributed by atoms with van der Waals surface area (Å²) >= 11 is 0. The molecule has 0 unspecified atom stereocenters. The summed E-state index contributed by atoms with van der Waals surface area (Å²) in [7, 11) is 1.50. The van der Waals surface area contributed by atoms with E-state index in [1.807, 2.05) is 0 Å². The number of fused-ring (bicyclic) bond motifs is 1. The molecular formula is C13H11NO5. The van der Waals surface area contributed by atoms with Gasteiger partial charge in [0.05, 0.1) is 30.3 Å². The predicted molar refractivity (Wildman–Crippen MR) is 66.6 cm³/mol.